The molecular weight excluding hydrogens is 120 g/mol. The Morgan fingerprint density at radius 3 is 1.20 bits per heavy atom. The highest BCUT2D eigenvalue weighted by Gasteiger charge is 2.49. The van der Waals surface area contributed by atoms with Gasteiger partial charge in [-0.1, -0.05) is 27.7 Å². The van der Waals surface area contributed by atoms with Crippen LogP contribution in [0.15, 0.2) is 0 Å². The summed E-state index contributed by atoms with van der Waals surface area (Å²) in [5, 5.41) is 0. The minimum Gasteiger partial charge on any atom is -0.0683 e. The Kier molecular flexibility index (Phi) is 2.38. The molecule has 0 heterocycles. The van der Waals surface area contributed by atoms with Crippen molar-refractivity contribution < 1.29 is 0 Å². The van der Waals surface area contributed by atoms with Gasteiger partial charge in [0.05, 0.1) is 0 Å². The van der Waals surface area contributed by atoms with E-state index in [4.69, 9.17) is 0 Å². The van der Waals surface area contributed by atoms with Crippen LogP contribution < -0.4 is 0 Å². The summed E-state index contributed by atoms with van der Waals surface area (Å²) in [7, 11) is 0. The summed E-state index contributed by atoms with van der Waals surface area (Å²) in [6.07, 6.45) is 3.07. The van der Waals surface area contributed by atoms with Gasteiger partial charge in [-0.2, -0.15) is 0 Å². The molecule has 0 bridgehead atoms. The Hall–Kier alpha value is 0. The SMILES string of the molecule is CC.CC1CC2C(C)CC12. The first-order valence-corrected chi connectivity index (χ1v) is 4.79. The molecule has 0 nitrogen and oxygen atoms in total. The minimum atomic E-state index is 1.08. The van der Waals surface area contributed by atoms with E-state index in [-0.39, 0.29) is 0 Å². The standard InChI is InChI=1S/C8H14.C2H6/c1-5-3-8-6(2)4-7(5)8;1-2/h5-8H,3-4H2,1-2H3;1-2H3. The fourth-order valence-corrected chi connectivity index (χ4v) is 2.47. The van der Waals surface area contributed by atoms with E-state index in [9.17, 15) is 0 Å². The van der Waals surface area contributed by atoms with Gasteiger partial charge in [0.15, 0.2) is 0 Å². The van der Waals surface area contributed by atoms with Crippen molar-refractivity contribution in [1.29, 1.82) is 0 Å². The van der Waals surface area contributed by atoms with Gasteiger partial charge >= 0.3 is 0 Å². The summed E-state index contributed by atoms with van der Waals surface area (Å²) < 4.78 is 0. The van der Waals surface area contributed by atoms with Crippen molar-refractivity contribution in [3.63, 3.8) is 0 Å². The van der Waals surface area contributed by atoms with Crippen LogP contribution in [0.5, 0.6) is 0 Å². The lowest BCUT2D eigenvalue weighted by Gasteiger charge is -2.56. The van der Waals surface area contributed by atoms with Crippen molar-refractivity contribution in [1.82, 2.24) is 0 Å². The molecule has 10 heavy (non-hydrogen) atoms. The van der Waals surface area contributed by atoms with Gasteiger partial charge in [0, 0.05) is 0 Å². The van der Waals surface area contributed by atoms with Crippen molar-refractivity contribution >= 4 is 0 Å². The van der Waals surface area contributed by atoms with Crippen LogP contribution in [0.4, 0.5) is 0 Å². The summed E-state index contributed by atoms with van der Waals surface area (Å²) >= 11 is 0. The van der Waals surface area contributed by atoms with Gasteiger partial charge in [0.2, 0.25) is 0 Å². The van der Waals surface area contributed by atoms with E-state index in [1.807, 2.05) is 13.8 Å². The highest BCUT2D eigenvalue weighted by Crippen LogP contribution is 2.57. The Bertz CT molecular complexity index is 92.6. The maximum atomic E-state index is 2.40. The topological polar surface area (TPSA) is 0 Å². The molecule has 2 aliphatic rings. The molecule has 0 N–H and O–H groups in total. The number of rotatable bonds is 0. The molecule has 0 radical (unpaired) electrons. The highest BCUT2D eigenvalue weighted by molar-refractivity contribution is 4.98. The highest BCUT2D eigenvalue weighted by atomic mass is 14.5. The van der Waals surface area contributed by atoms with E-state index in [2.05, 4.69) is 13.8 Å². The Labute approximate surface area is 65.0 Å². The van der Waals surface area contributed by atoms with Crippen molar-refractivity contribution in [2.45, 2.75) is 40.5 Å². The van der Waals surface area contributed by atoms with Crippen molar-refractivity contribution in [2.24, 2.45) is 23.7 Å². The molecule has 0 heteroatoms. The molecule has 2 saturated carbocycles. The zero-order valence-corrected chi connectivity index (χ0v) is 7.72. The molecule has 2 fully saturated rings. The number of fused-ring (bicyclic) bond motifs is 1. The van der Waals surface area contributed by atoms with Crippen LogP contribution in [0, 0.1) is 23.7 Å². The summed E-state index contributed by atoms with van der Waals surface area (Å²) in [6.45, 7) is 8.79. The Balaban J connectivity index is 0.000000231. The maximum absolute atomic E-state index is 2.40. The van der Waals surface area contributed by atoms with Crippen LogP contribution in [0.25, 0.3) is 0 Å². The van der Waals surface area contributed by atoms with Crippen LogP contribution in [-0.2, 0) is 0 Å². The first kappa shape index (κ1) is 8.10. The van der Waals surface area contributed by atoms with Gasteiger partial charge in [-0.25, -0.2) is 0 Å². The second kappa shape index (κ2) is 2.94. The Morgan fingerprint density at radius 1 is 0.800 bits per heavy atom. The van der Waals surface area contributed by atoms with Gasteiger partial charge in [-0.05, 0) is 36.5 Å². The van der Waals surface area contributed by atoms with E-state index in [1.54, 1.807) is 0 Å². The van der Waals surface area contributed by atoms with Crippen molar-refractivity contribution in [2.75, 3.05) is 0 Å². The normalized spacial score (nSPS) is 49.2. The zero-order valence-electron chi connectivity index (χ0n) is 7.72. The first-order chi connectivity index (χ1) is 4.79. The van der Waals surface area contributed by atoms with E-state index >= 15 is 0 Å². The molecule has 2 aliphatic carbocycles. The monoisotopic (exact) mass is 140 g/mol. The molecule has 0 amide bonds. The predicted molar refractivity (Wildman–Crippen MR) is 45.9 cm³/mol. The lowest BCUT2D eigenvalue weighted by Crippen LogP contribution is -2.48. The van der Waals surface area contributed by atoms with Crippen molar-refractivity contribution in [3.8, 4) is 0 Å². The third-order valence-electron chi connectivity index (χ3n) is 3.30. The molecule has 0 aromatic heterocycles. The van der Waals surface area contributed by atoms with Gasteiger partial charge in [-0.15, -0.1) is 0 Å². The average molecular weight is 140 g/mol. The van der Waals surface area contributed by atoms with Crippen LogP contribution in [-0.4, -0.2) is 0 Å². The molecule has 2 rings (SSSR count). The molecule has 0 aliphatic heterocycles. The van der Waals surface area contributed by atoms with E-state index in [1.165, 1.54) is 12.8 Å². The Morgan fingerprint density at radius 2 is 1.10 bits per heavy atom. The summed E-state index contributed by atoms with van der Waals surface area (Å²) in [4.78, 5) is 0. The largest absolute Gasteiger partial charge is 0.0683 e. The van der Waals surface area contributed by atoms with Gasteiger partial charge in [0.25, 0.3) is 0 Å². The van der Waals surface area contributed by atoms with E-state index < -0.39 is 0 Å². The maximum Gasteiger partial charge on any atom is -0.0355 e. The van der Waals surface area contributed by atoms with Gasteiger partial charge in [0.1, 0.15) is 0 Å². The molecular formula is C10H20. The zero-order chi connectivity index (χ0) is 7.72. The third-order valence-corrected chi connectivity index (χ3v) is 3.30. The molecule has 0 aromatic rings. The lowest BCUT2D eigenvalue weighted by molar-refractivity contribution is -0.0699. The second-order valence-electron chi connectivity index (χ2n) is 3.75. The molecule has 0 aromatic carbocycles. The smallest absolute Gasteiger partial charge is 0.0355 e. The summed E-state index contributed by atoms with van der Waals surface area (Å²) in [5.41, 5.74) is 0. The van der Waals surface area contributed by atoms with E-state index in [0.29, 0.717) is 0 Å². The van der Waals surface area contributed by atoms with Gasteiger partial charge < -0.3 is 0 Å². The fourth-order valence-electron chi connectivity index (χ4n) is 2.47. The van der Waals surface area contributed by atoms with Crippen LogP contribution >= 0.6 is 0 Å². The summed E-state index contributed by atoms with van der Waals surface area (Å²) in [5.74, 6) is 4.47. The quantitative estimate of drug-likeness (QED) is 0.484. The average Bonchev–Trinajstić information content (AvgIpc) is 1.99. The number of hydrogen-bond donors (Lipinski definition) is 0. The summed E-state index contributed by atoms with van der Waals surface area (Å²) in [6, 6.07) is 0. The molecule has 60 valence electrons. The van der Waals surface area contributed by atoms with E-state index in [0.717, 1.165) is 23.7 Å². The lowest BCUT2D eigenvalue weighted by atomic mass is 9.49. The second-order valence-corrected chi connectivity index (χ2v) is 3.75. The number of hydrogen-bond acceptors (Lipinski definition) is 0. The third kappa shape index (κ3) is 0.980. The van der Waals surface area contributed by atoms with Crippen LogP contribution in [0.3, 0.4) is 0 Å². The first-order valence-electron chi connectivity index (χ1n) is 4.79. The van der Waals surface area contributed by atoms with Crippen LogP contribution in [0.1, 0.15) is 40.5 Å². The molecule has 4 atom stereocenters. The fraction of sp³-hybridized carbons (Fsp3) is 1.00. The molecule has 0 spiro atoms. The molecule has 0 saturated heterocycles. The van der Waals surface area contributed by atoms with Crippen molar-refractivity contribution in [3.05, 3.63) is 0 Å². The van der Waals surface area contributed by atoms with Crippen LogP contribution in [0.2, 0.25) is 0 Å². The predicted octanol–water partition coefficient (Wildman–Crippen LogP) is 3.32. The minimum absolute atomic E-state index is 1.08. The van der Waals surface area contributed by atoms with Gasteiger partial charge in [-0.3, -0.25) is 0 Å². The molecule has 4 unspecified atom stereocenters.